The van der Waals surface area contributed by atoms with Crippen molar-refractivity contribution in [3.05, 3.63) is 29.3 Å². The van der Waals surface area contributed by atoms with Crippen LogP contribution in [0.3, 0.4) is 0 Å². The van der Waals surface area contributed by atoms with Crippen LogP contribution >= 0.6 is 0 Å². The molecule has 1 aliphatic heterocycles. The molecule has 0 saturated heterocycles. The molecule has 0 aliphatic carbocycles. The number of hydrogen-bond donors (Lipinski definition) is 3. The van der Waals surface area contributed by atoms with Crippen molar-refractivity contribution in [1.29, 1.82) is 0 Å². The Morgan fingerprint density at radius 3 is 3.10 bits per heavy atom. The molecule has 1 aromatic rings. The van der Waals surface area contributed by atoms with Gasteiger partial charge in [-0.25, -0.2) is 10.2 Å². The number of amides is 2. The van der Waals surface area contributed by atoms with Gasteiger partial charge in [-0.1, -0.05) is 12.1 Å². The Morgan fingerprint density at radius 2 is 2.35 bits per heavy atom. The summed E-state index contributed by atoms with van der Waals surface area (Å²) in [4.78, 5) is 10.6. The maximum absolute atomic E-state index is 10.6. The van der Waals surface area contributed by atoms with Crippen molar-refractivity contribution in [1.82, 2.24) is 5.43 Å². The summed E-state index contributed by atoms with van der Waals surface area (Å²) in [6.45, 7) is 4.09. The number of aryl methyl sites for hydroxylation is 2. The zero-order chi connectivity index (χ0) is 14.5. The molecular formula is C15H22N4O. The molecule has 5 heteroatoms. The van der Waals surface area contributed by atoms with Crippen LogP contribution in [-0.2, 0) is 12.8 Å². The van der Waals surface area contributed by atoms with E-state index in [1.54, 1.807) is 0 Å². The number of fused-ring (bicyclic) bond motifs is 1. The molecule has 0 unspecified atom stereocenters. The molecule has 0 aromatic heterocycles. The van der Waals surface area contributed by atoms with Gasteiger partial charge in [-0.05, 0) is 56.7 Å². The summed E-state index contributed by atoms with van der Waals surface area (Å²) in [7, 11) is 0. The number of benzene rings is 1. The summed E-state index contributed by atoms with van der Waals surface area (Å²) in [6, 6.07) is 6.51. The fourth-order valence-electron chi connectivity index (χ4n) is 2.37. The lowest BCUT2D eigenvalue weighted by Crippen LogP contribution is -2.25. The maximum Gasteiger partial charge on any atom is 0.332 e. The van der Waals surface area contributed by atoms with Crippen LogP contribution in [0.4, 0.5) is 10.5 Å². The lowest BCUT2D eigenvalue weighted by Gasteiger charge is -2.24. The Morgan fingerprint density at radius 1 is 1.55 bits per heavy atom. The van der Waals surface area contributed by atoms with E-state index in [1.165, 1.54) is 23.2 Å². The Labute approximate surface area is 119 Å². The van der Waals surface area contributed by atoms with E-state index in [9.17, 15) is 4.79 Å². The number of urea groups is 1. The SMILES string of the molecule is C/C(CCc1ccc2c(c1)N[C@H](C)CC2)=N/NC(N)=O. The summed E-state index contributed by atoms with van der Waals surface area (Å²) < 4.78 is 0. The number of anilines is 1. The van der Waals surface area contributed by atoms with Crippen molar-refractivity contribution in [2.45, 2.75) is 45.6 Å². The Balaban J connectivity index is 1.95. The highest BCUT2D eigenvalue weighted by Crippen LogP contribution is 2.26. The number of hydrazone groups is 1. The van der Waals surface area contributed by atoms with E-state index >= 15 is 0 Å². The van der Waals surface area contributed by atoms with E-state index in [0.29, 0.717) is 6.04 Å². The minimum Gasteiger partial charge on any atom is -0.382 e. The standard InChI is InChI=1S/C15H22N4O/c1-10-4-7-13-8-6-12(9-14(13)17-10)5-3-11(2)18-19-15(16)20/h6,8-10,17H,3-5,7H2,1-2H3,(H3,16,19,20)/b18-11-/t10-/m1/s1. The van der Waals surface area contributed by atoms with Crippen LogP contribution in [0, 0.1) is 0 Å². The molecule has 1 heterocycles. The van der Waals surface area contributed by atoms with Gasteiger partial charge >= 0.3 is 6.03 Å². The lowest BCUT2D eigenvalue weighted by atomic mass is 9.96. The Kier molecular flexibility index (Phi) is 4.61. The largest absolute Gasteiger partial charge is 0.382 e. The summed E-state index contributed by atoms with van der Waals surface area (Å²) in [6.07, 6.45) is 4.04. The van der Waals surface area contributed by atoms with E-state index in [0.717, 1.165) is 25.0 Å². The molecular weight excluding hydrogens is 252 g/mol. The first-order chi connectivity index (χ1) is 9.54. The molecule has 0 saturated carbocycles. The van der Waals surface area contributed by atoms with Crippen LogP contribution in [-0.4, -0.2) is 17.8 Å². The van der Waals surface area contributed by atoms with Crippen molar-refractivity contribution in [3.63, 3.8) is 0 Å². The summed E-state index contributed by atoms with van der Waals surface area (Å²) >= 11 is 0. The van der Waals surface area contributed by atoms with Gasteiger partial charge in [0.2, 0.25) is 0 Å². The molecule has 2 amide bonds. The zero-order valence-corrected chi connectivity index (χ0v) is 12.1. The molecule has 20 heavy (non-hydrogen) atoms. The molecule has 4 N–H and O–H groups in total. The van der Waals surface area contributed by atoms with E-state index in [1.807, 2.05) is 6.92 Å². The minimum atomic E-state index is -0.628. The second-order valence-electron chi connectivity index (χ2n) is 5.40. The lowest BCUT2D eigenvalue weighted by molar-refractivity contribution is 0.249. The maximum atomic E-state index is 10.6. The summed E-state index contributed by atoms with van der Waals surface area (Å²) in [5.41, 5.74) is 12.0. The van der Waals surface area contributed by atoms with Crippen LogP contribution in [0.5, 0.6) is 0 Å². The third kappa shape index (κ3) is 3.98. The normalized spacial score (nSPS) is 18.1. The first kappa shape index (κ1) is 14.4. The van der Waals surface area contributed by atoms with Gasteiger partial charge in [0.05, 0.1) is 0 Å². The van der Waals surface area contributed by atoms with Crippen molar-refractivity contribution in [3.8, 4) is 0 Å². The average molecular weight is 274 g/mol. The zero-order valence-electron chi connectivity index (χ0n) is 12.1. The smallest absolute Gasteiger partial charge is 0.332 e. The first-order valence-electron chi connectivity index (χ1n) is 7.01. The highest BCUT2D eigenvalue weighted by atomic mass is 16.2. The molecule has 1 aromatic carbocycles. The highest BCUT2D eigenvalue weighted by Gasteiger charge is 2.13. The second kappa shape index (κ2) is 6.41. The van der Waals surface area contributed by atoms with E-state index in [-0.39, 0.29) is 0 Å². The van der Waals surface area contributed by atoms with E-state index in [4.69, 9.17) is 5.73 Å². The molecule has 0 bridgehead atoms. The van der Waals surface area contributed by atoms with Gasteiger partial charge in [0.25, 0.3) is 0 Å². The molecule has 1 atom stereocenters. The van der Waals surface area contributed by atoms with E-state index < -0.39 is 6.03 Å². The van der Waals surface area contributed by atoms with Crippen molar-refractivity contribution >= 4 is 17.4 Å². The predicted molar refractivity (Wildman–Crippen MR) is 82.0 cm³/mol. The average Bonchev–Trinajstić information content (AvgIpc) is 2.42. The first-order valence-corrected chi connectivity index (χ1v) is 7.01. The van der Waals surface area contributed by atoms with Gasteiger partial charge < -0.3 is 11.1 Å². The molecule has 0 spiro atoms. The number of rotatable bonds is 4. The fraction of sp³-hybridized carbons (Fsp3) is 0.467. The highest BCUT2D eigenvalue weighted by molar-refractivity contribution is 5.83. The van der Waals surface area contributed by atoms with E-state index in [2.05, 4.69) is 41.0 Å². The number of primary amides is 1. The molecule has 1 aliphatic rings. The van der Waals surface area contributed by atoms with Crippen molar-refractivity contribution in [2.24, 2.45) is 10.8 Å². The fourth-order valence-corrected chi connectivity index (χ4v) is 2.37. The van der Waals surface area contributed by atoms with Gasteiger partial charge in [0.1, 0.15) is 0 Å². The summed E-state index contributed by atoms with van der Waals surface area (Å²) in [5, 5.41) is 7.44. The van der Waals surface area contributed by atoms with Gasteiger partial charge in [-0.15, -0.1) is 0 Å². The van der Waals surface area contributed by atoms with Crippen molar-refractivity contribution < 1.29 is 4.79 Å². The topological polar surface area (TPSA) is 79.5 Å². The van der Waals surface area contributed by atoms with Gasteiger partial charge in [0, 0.05) is 17.4 Å². The van der Waals surface area contributed by atoms with Crippen LogP contribution < -0.4 is 16.5 Å². The molecule has 2 rings (SSSR count). The Hall–Kier alpha value is -2.04. The predicted octanol–water partition coefficient (Wildman–Crippen LogP) is 2.41. The quantitative estimate of drug-likeness (QED) is 0.582. The molecule has 108 valence electrons. The number of carbonyl (C=O) groups is 1. The van der Waals surface area contributed by atoms with Crippen LogP contribution in [0.25, 0.3) is 0 Å². The number of nitrogens with two attached hydrogens (primary N) is 1. The second-order valence-corrected chi connectivity index (χ2v) is 5.40. The number of nitrogens with one attached hydrogen (secondary N) is 2. The number of carbonyl (C=O) groups excluding carboxylic acids is 1. The summed E-state index contributed by atoms with van der Waals surface area (Å²) in [5.74, 6) is 0. The van der Waals surface area contributed by atoms with Crippen molar-refractivity contribution in [2.75, 3.05) is 5.32 Å². The third-order valence-corrected chi connectivity index (χ3v) is 3.56. The number of nitrogens with zero attached hydrogens (tertiary/aromatic N) is 1. The molecule has 0 radical (unpaired) electrons. The third-order valence-electron chi connectivity index (χ3n) is 3.56. The van der Waals surface area contributed by atoms with Crippen LogP contribution in [0.1, 0.15) is 37.8 Å². The molecule has 5 nitrogen and oxygen atoms in total. The van der Waals surface area contributed by atoms with Crippen LogP contribution in [0.15, 0.2) is 23.3 Å². The number of hydrogen-bond acceptors (Lipinski definition) is 3. The van der Waals surface area contributed by atoms with Gasteiger partial charge in [-0.2, -0.15) is 5.10 Å². The Bertz CT molecular complexity index is 525. The molecule has 0 fully saturated rings. The van der Waals surface area contributed by atoms with Gasteiger partial charge in [-0.3, -0.25) is 0 Å². The van der Waals surface area contributed by atoms with Gasteiger partial charge in [0.15, 0.2) is 0 Å². The monoisotopic (exact) mass is 274 g/mol. The van der Waals surface area contributed by atoms with Crippen LogP contribution in [0.2, 0.25) is 0 Å². The minimum absolute atomic E-state index is 0.542.